The minimum atomic E-state index is -0.871. The highest BCUT2D eigenvalue weighted by Gasteiger charge is 2.23. The van der Waals surface area contributed by atoms with Gasteiger partial charge in [-0.05, 0) is 44.0 Å². The molecule has 0 fully saturated rings. The van der Waals surface area contributed by atoms with E-state index in [2.05, 4.69) is 0 Å². The summed E-state index contributed by atoms with van der Waals surface area (Å²) in [5.74, 6) is -0.193. The molecule has 1 atom stereocenters. The third-order valence-electron chi connectivity index (χ3n) is 3.52. The van der Waals surface area contributed by atoms with Crippen molar-refractivity contribution in [2.24, 2.45) is 0 Å². The maximum Gasteiger partial charge on any atom is 0.311 e. The zero-order chi connectivity index (χ0) is 16.8. The summed E-state index contributed by atoms with van der Waals surface area (Å²) in [5, 5.41) is 9.64. The van der Waals surface area contributed by atoms with Gasteiger partial charge in [0.1, 0.15) is 11.5 Å². The number of para-hydroxylation sites is 1. The molecular formula is C19H22O4. The monoisotopic (exact) mass is 314 g/mol. The van der Waals surface area contributed by atoms with Crippen LogP contribution in [0, 0.1) is 0 Å². The van der Waals surface area contributed by atoms with Crippen molar-refractivity contribution < 1.29 is 19.4 Å². The van der Waals surface area contributed by atoms with Crippen molar-refractivity contribution in [3.63, 3.8) is 0 Å². The summed E-state index contributed by atoms with van der Waals surface area (Å²) in [6.45, 7) is 3.92. The van der Waals surface area contributed by atoms with Gasteiger partial charge in [-0.1, -0.05) is 30.3 Å². The van der Waals surface area contributed by atoms with Gasteiger partial charge < -0.3 is 14.6 Å². The highest BCUT2D eigenvalue weighted by molar-refractivity contribution is 5.77. The van der Waals surface area contributed by atoms with Crippen LogP contribution in [0.25, 0.3) is 0 Å². The van der Waals surface area contributed by atoms with Crippen LogP contribution in [0.3, 0.4) is 0 Å². The van der Waals surface area contributed by atoms with Crippen molar-refractivity contribution in [1.29, 1.82) is 0 Å². The second kappa shape index (κ2) is 7.68. The third-order valence-corrected chi connectivity index (χ3v) is 3.52. The van der Waals surface area contributed by atoms with E-state index in [4.69, 9.17) is 9.47 Å². The smallest absolute Gasteiger partial charge is 0.311 e. The van der Waals surface area contributed by atoms with E-state index in [0.29, 0.717) is 17.7 Å². The van der Waals surface area contributed by atoms with Crippen LogP contribution < -0.4 is 9.47 Å². The molecule has 0 aliphatic rings. The molecule has 0 aliphatic carbocycles. The first-order valence-electron chi connectivity index (χ1n) is 7.62. The summed E-state index contributed by atoms with van der Waals surface area (Å²) in [5.41, 5.74) is 1.60. The fraction of sp³-hybridized carbons (Fsp3) is 0.316. The van der Waals surface area contributed by atoms with E-state index < -0.39 is 11.9 Å². The van der Waals surface area contributed by atoms with Gasteiger partial charge in [0.15, 0.2) is 0 Å². The summed E-state index contributed by atoms with van der Waals surface area (Å²) in [6.07, 6.45) is 0.458. The molecule has 4 nitrogen and oxygen atoms in total. The summed E-state index contributed by atoms with van der Waals surface area (Å²) in [7, 11) is 1.55. The first-order valence-corrected chi connectivity index (χ1v) is 7.62. The van der Waals surface area contributed by atoms with E-state index in [1.54, 1.807) is 19.2 Å². The first kappa shape index (κ1) is 16.9. The second-order valence-corrected chi connectivity index (χ2v) is 5.65. The van der Waals surface area contributed by atoms with Gasteiger partial charge in [0.05, 0.1) is 19.1 Å². The number of hydrogen-bond donors (Lipinski definition) is 1. The normalized spacial score (nSPS) is 12.0. The summed E-state index contributed by atoms with van der Waals surface area (Å²) in [4.78, 5) is 11.7. The summed E-state index contributed by atoms with van der Waals surface area (Å²) in [6, 6.07) is 14.8. The Morgan fingerprint density at radius 3 is 2.52 bits per heavy atom. The van der Waals surface area contributed by atoms with Crippen molar-refractivity contribution in [2.45, 2.75) is 32.3 Å². The maximum atomic E-state index is 11.7. The van der Waals surface area contributed by atoms with E-state index in [1.807, 2.05) is 50.2 Å². The summed E-state index contributed by atoms with van der Waals surface area (Å²) >= 11 is 0. The number of ether oxygens (including phenoxy) is 2. The van der Waals surface area contributed by atoms with Crippen LogP contribution in [0.15, 0.2) is 48.5 Å². The number of rotatable bonds is 7. The Hall–Kier alpha value is -2.49. The Morgan fingerprint density at radius 1 is 1.13 bits per heavy atom. The molecule has 1 unspecified atom stereocenters. The number of hydrogen-bond acceptors (Lipinski definition) is 3. The number of aliphatic carboxylic acids is 1. The Morgan fingerprint density at radius 2 is 1.87 bits per heavy atom. The molecule has 0 amide bonds. The minimum Gasteiger partial charge on any atom is -0.496 e. The zero-order valence-electron chi connectivity index (χ0n) is 13.7. The molecule has 0 radical (unpaired) electrons. The van der Waals surface area contributed by atoms with Gasteiger partial charge in [0, 0.05) is 5.56 Å². The largest absolute Gasteiger partial charge is 0.496 e. The molecule has 0 saturated heterocycles. The highest BCUT2D eigenvalue weighted by Crippen LogP contribution is 2.30. The van der Waals surface area contributed by atoms with E-state index in [9.17, 15) is 9.90 Å². The van der Waals surface area contributed by atoms with Crippen LogP contribution in [-0.2, 0) is 11.2 Å². The van der Waals surface area contributed by atoms with Gasteiger partial charge in [-0.2, -0.15) is 0 Å². The number of carboxylic acid groups (broad SMARTS) is 1. The molecule has 1 N–H and O–H groups in total. The van der Waals surface area contributed by atoms with Crippen LogP contribution in [0.4, 0.5) is 0 Å². The quantitative estimate of drug-likeness (QED) is 0.842. The van der Waals surface area contributed by atoms with Gasteiger partial charge >= 0.3 is 5.97 Å². The van der Waals surface area contributed by atoms with Gasteiger partial charge in [-0.15, -0.1) is 0 Å². The molecule has 2 aromatic carbocycles. The topological polar surface area (TPSA) is 55.8 Å². The zero-order valence-corrected chi connectivity index (χ0v) is 13.7. The molecule has 23 heavy (non-hydrogen) atoms. The fourth-order valence-electron chi connectivity index (χ4n) is 2.54. The molecule has 0 heterocycles. The SMILES string of the molecule is COc1ccccc1C(Cc1cccc(OC(C)C)c1)C(=O)O. The van der Waals surface area contributed by atoms with Crippen molar-refractivity contribution in [2.75, 3.05) is 7.11 Å². The Bertz CT molecular complexity index is 664. The maximum absolute atomic E-state index is 11.7. The van der Waals surface area contributed by atoms with E-state index in [-0.39, 0.29) is 6.10 Å². The number of methoxy groups -OCH3 is 1. The van der Waals surface area contributed by atoms with Crippen LogP contribution >= 0.6 is 0 Å². The molecule has 2 rings (SSSR count). The molecule has 4 heteroatoms. The number of carboxylic acids is 1. The lowest BCUT2D eigenvalue weighted by Crippen LogP contribution is -2.15. The van der Waals surface area contributed by atoms with Gasteiger partial charge in [-0.25, -0.2) is 0 Å². The molecule has 2 aromatic rings. The molecule has 0 bridgehead atoms. The van der Waals surface area contributed by atoms with Gasteiger partial charge in [0.25, 0.3) is 0 Å². The fourth-order valence-corrected chi connectivity index (χ4v) is 2.54. The standard InChI is InChI=1S/C19H22O4/c1-13(2)23-15-8-6-7-14(11-15)12-17(19(20)21)16-9-4-5-10-18(16)22-3/h4-11,13,17H,12H2,1-3H3,(H,20,21). The lowest BCUT2D eigenvalue weighted by Gasteiger charge is -2.17. The molecule has 0 aliphatic heterocycles. The van der Waals surface area contributed by atoms with Crippen molar-refractivity contribution in [1.82, 2.24) is 0 Å². The first-order chi connectivity index (χ1) is 11.0. The molecule has 0 spiro atoms. The van der Waals surface area contributed by atoms with Crippen LogP contribution in [0.1, 0.15) is 30.9 Å². The molecule has 0 aromatic heterocycles. The number of carbonyl (C=O) groups is 1. The third kappa shape index (κ3) is 4.49. The van der Waals surface area contributed by atoms with Crippen LogP contribution in [0.2, 0.25) is 0 Å². The average molecular weight is 314 g/mol. The predicted octanol–water partition coefficient (Wildman–Crippen LogP) is 3.89. The Kier molecular flexibility index (Phi) is 5.63. The predicted molar refractivity (Wildman–Crippen MR) is 89.3 cm³/mol. The van der Waals surface area contributed by atoms with E-state index in [1.165, 1.54) is 0 Å². The Labute approximate surface area is 136 Å². The van der Waals surface area contributed by atoms with E-state index >= 15 is 0 Å². The van der Waals surface area contributed by atoms with Crippen LogP contribution in [-0.4, -0.2) is 24.3 Å². The van der Waals surface area contributed by atoms with Crippen molar-refractivity contribution in [3.8, 4) is 11.5 Å². The lowest BCUT2D eigenvalue weighted by molar-refractivity contribution is -0.138. The molecule has 122 valence electrons. The number of benzene rings is 2. The lowest BCUT2D eigenvalue weighted by atomic mass is 9.91. The highest BCUT2D eigenvalue weighted by atomic mass is 16.5. The molecular weight excluding hydrogens is 292 g/mol. The van der Waals surface area contributed by atoms with E-state index in [0.717, 1.165) is 11.3 Å². The summed E-state index contributed by atoms with van der Waals surface area (Å²) < 4.78 is 11.0. The van der Waals surface area contributed by atoms with Crippen LogP contribution in [0.5, 0.6) is 11.5 Å². The minimum absolute atomic E-state index is 0.0785. The Balaban J connectivity index is 2.28. The second-order valence-electron chi connectivity index (χ2n) is 5.65. The average Bonchev–Trinajstić information content (AvgIpc) is 2.52. The van der Waals surface area contributed by atoms with Gasteiger partial charge in [-0.3, -0.25) is 4.79 Å². The van der Waals surface area contributed by atoms with Crippen molar-refractivity contribution >= 4 is 5.97 Å². The van der Waals surface area contributed by atoms with Crippen molar-refractivity contribution in [3.05, 3.63) is 59.7 Å². The van der Waals surface area contributed by atoms with Gasteiger partial charge in [0.2, 0.25) is 0 Å². The molecule has 0 saturated carbocycles.